The molecule has 0 bridgehead atoms. The van der Waals surface area contributed by atoms with Crippen molar-refractivity contribution in [1.82, 2.24) is 14.6 Å². The predicted molar refractivity (Wildman–Crippen MR) is 109 cm³/mol. The fourth-order valence-electron chi connectivity index (χ4n) is 2.84. The lowest BCUT2D eigenvalue weighted by atomic mass is 10.1. The third-order valence-corrected chi connectivity index (χ3v) is 4.72. The first kappa shape index (κ1) is 18.2. The standard InChI is InChI=1S/C21H29N5/c1-6-16(5)24-19-11-20(22-12-17-9-7-15(4)8-10-17)26-21(25-19)18(13-23-26)14(2)3/h7-11,13-14,16,22H,6,12H2,1-5H3,(H,24,25). The van der Waals surface area contributed by atoms with Crippen molar-refractivity contribution >= 4 is 17.3 Å². The van der Waals surface area contributed by atoms with Crippen molar-refractivity contribution < 1.29 is 0 Å². The Hall–Kier alpha value is -2.56. The molecule has 5 nitrogen and oxygen atoms in total. The monoisotopic (exact) mass is 351 g/mol. The van der Waals surface area contributed by atoms with Crippen LogP contribution in [-0.2, 0) is 6.54 Å². The van der Waals surface area contributed by atoms with Gasteiger partial charge in [-0.25, -0.2) is 4.98 Å². The van der Waals surface area contributed by atoms with Crippen molar-refractivity contribution in [2.75, 3.05) is 10.6 Å². The number of aryl methyl sites for hydroxylation is 1. The summed E-state index contributed by atoms with van der Waals surface area (Å²) in [6, 6.07) is 11.0. The Balaban J connectivity index is 1.94. The van der Waals surface area contributed by atoms with E-state index in [9.17, 15) is 0 Å². The second-order valence-electron chi connectivity index (χ2n) is 7.31. The minimum atomic E-state index is 0.375. The van der Waals surface area contributed by atoms with E-state index >= 15 is 0 Å². The molecule has 2 heterocycles. The number of hydrogen-bond donors (Lipinski definition) is 2. The van der Waals surface area contributed by atoms with Crippen molar-refractivity contribution in [3.05, 3.63) is 53.2 Å². The van der Waals surface area contributed by atoms with Gasteiger partial charge in [0.05, 0.1) is 6.20 Å². The van der Waals surface area contributed by atoms with Crippen LogP contribution >= 0.6 is 0 Å². The van der Waals surface area contributed by atoms with E-state index in [1.165, 1.54) is 11.1 Å². The molecular weight excluding hydrogens is 322 g/mol. The second kappa shape index (κ2) is 7.77. The smallest absolute Gasteiger partial charge is 0.163 e. The maximum atomic E-state index is 4.82. The minimum absolute atomic E-state index is 0.375. The topological polar surface area (TPSA) is 54.2 Å². The van der Waals surface area contributed by atoms with Crippen LogP contribution in [0.3, 0.4) is 0 Å². The Labute approximate surface area is 155 Å². The van der Waals surface area contributed by atoms with Crippen molar-refractivity contribution in [2.45, 2.75) is 59.5 Å². The summed E-state index contributed by atoms with van der Waals surface area (Å²) in [5.41, 5.74) is 4.60. The number of anilines is 2. The fraction of sp³-hybridized carbons (Fsp3) is 0.429. The minimum Gasteiger partial charge on any atom is -0.367 e. The number of hydrogen-bond acceptors (Lipinski definition) is 4. The SMILES string of the molecule is CCC(C)Nc1cc(NCc2ccc(C)cc2)n2ncc(C(C)C)c2n1. The van der Waals surface area contributed by atoms with Crippen LogP contribution in [0.1, 0.15) is 56.7 Å². The average Bonchev–Trinajstić information content (AvgIpc) is 3.05. The number of rotatable bonds is 7. The Morgan fingerprint density at radius 3 is 2.50 bits per heavy atom. The molecule has 0 radical (unpaired) electrons. The van der Waals surface area contributed by atoms with Crippen molar-refractivity contribution in [3.63, 3.8) is 0 Å². The average molecular weight is 351 g/mol. The van der Waals surface area contributed by atoms with Crippen LogP contribution in [0.15, 0.2) is 36.5 Å². The summed E-state index contributed by atoms with van der Waals surface area (Å²) < 4.78 is 1.91. The number of nitrogens with one attached hydrogen (secondary N) is 2. The molecule has 0 amide bonds. The van der Waals surface area contributed by atoms with Gasteiger partial charge in [0.2, 0.25) is 0 Å². The summed E-state index contributed by atoms with van der Waals surface area (Å²) >= 11 is 0. The van der Waals surface area contributed by atoms with Gasteiger partial charge >= 0.3 is 0 Å². The molecule has 26 heavy (non-hydrogen) atoms. The maximum Gasteiger partial charge on any atom is 0.163 e. The van der Waals surface area contributed by atoms with E-state index < -0.39 is 0 Å². The van der Waals surface area contributed by atoms with Gasteiger partial charge in [-0.2, -0.15) is 9.61 Å². The van der Waals surface area contributed by atoms with Crippen molar-refractivity contribution in [3.8, 4) is 0 Å². The molecule has 0 aliphatic rings. The second-order valence-corrected chi connectivity index (χ2v) is 7.31. The van der Waals surface area contributed by atoms with E-state index in [1.54, 1.807) is 0 Å². The largest absolute Gasteiger partial charge is 0.367 e. The number of nitrogens with zero attached hydrogens (tertiary/aromatic N) is 3. The molecule has 0 spiro atoms. The maximum absolute atomic E-state index is 4.82. The van der Waals surface area contributed by atoms with Gasteiger partial charge in [-0.05, 0) is 31.7 Å². The Morgan fingerprint density at radius 1 is 1.12 bits per heavy atom. The molecule has 1 aromatic carbocycles. The van der Waals surface area contributed by atoms with Gasteiger partial charge in [-0.15, -0.1) is 0 Å². The molecule has 0 saturated carbocycles. The lowest BCUT2D eigenvalue weighted by Gasteiger charge is -2.16. The zero-order chi connectivity index (χ0) is 18.7. The first-order valence-corrected chi connectivity index (χ1v) is 9.42. The molecule has 138 valence electrons. The highest BCUT2D eigenvalue weighted by atomic mass is 15.3. The highest BCUT2D eigenvalue weighted by Crippen LogP contribution is 2.24. The van der Waals surface area contributed by atoms with Crippen LogP contribution in [0.25, 0.3) is 5.65 Å². The summed E-state index contributed by atoms with van der Waals surface area (Å²) in [5.74, 6) is 2.22. The van der Waals surface area contributed by atoms with E-state index in [4.69, 9.17) is 4.98 Å². The molecule has 3 aromatic rings. The van der Waals surface area contributed by atoms with E-state index in [0.29, 0.717) is 12.0 Å². The quantitative estimate of drug-likeness (QED) is 0.630. The van der Waals surface area contributed by atoms with Crippen molar-refractivity contribution in [2.24, 2.45) is 0 Å². The summed E-state index contributed by atoms with van der Waals surface area (Å²) in [5, 5.41) is 11.6. The van der Waals surface area contributed by atoms with Crippen LogP contribution in [0.5, 0.6) is 0 Å². The Morgan fingerprint density at radius 2 is 1.85 bits per heavy atom. The van der Waals surface area contributed by atoms with E-state index in [1.807, 2.05) is 16.8 Å². The normalized spacial score (nSPS) is 12.5. The van der Waals surface area contributed by atoms with Crippen LogP contribution < -0.4 is 10.6 Å². The van der Waals surface area contributed by atoms with E-state index in [-0.39, 0.29) is 0 Å². The summed E-state index contributed by atoms with van der Waals surface area (Å²) in [4.78, 5) is 4.82. The van der Waals surface area contributed by atoms with Crippen LogP contribution in [0, 0.1) is 6.92 Å². The molecule has 0 fully saturated rings. The summed E-state index contributed by atoms with van der Waals surface area (Å²) in [6.07, 6.45) is 2.98. The molecule has 5 heteroatoms. The van der Waals surface area contributed by atoms with Gasteiger partial charge in [-0.3, -0.25) is 0 Å². The third kappa shape index (κ3) is 3.98. The molecule has 0 aliphatic heterocycles. The summed E-state index contributed by atoms with van der Waals surface area (Å²) in [6.45, 7) is 11.5. The fourth-order valence-corrected chi connectivity index (χ4v) is 2.84. The molecule has 0 aliphatic carbocycles. The van der Waals surface area contributed by atoms with Gasteiger partial charge < -0.3 is 10.6 Å². The molecule has 3 rings (SSSR count). The third-order valence-electron chi connectivity index (χ3n) is 4.72. The molecule has 2 aromatic heterocycles. The van der Waals surface area contributed by atoms with Crippen LogP contribution in [0.2, 0.25) is 0 Å². The van der Waals surface area contributed by atoms with E-state index in [2.05, 4.69) is 74.6 Å². The number of aromatic nitrogens is 3. The van der Waals surface area contributed by atoms with Crippen LogP contribution in [0.4, 0.5) is 11.6 Å². The molecule has 1 atom stereocenters. The van der Waals surface area contributed by atoms with Gasteiger partial charge in [0.25, 0.3) is 0 Å². The molecule has 1 unspecified atom stereocenters. The first-order valence-electron chi connectivity index (χ1n) is 9.42. The first-order chi connectivity index (χ1) is 12.5. The van der Waals surface area contributed by atoms with E-state index in [0.717, 1.165) is 35.8 Å². The summed E-state index contributed by atoms with van der Waals surface area (Å²) in [7, 11) is 0. The highest BCUT2D eigenvalue weighted by Gasteiger charge is 2.14. The Kier molecular flexibility index (Phi) is 5.45. The van der Waals surface area contributed by atoms with Gasteiger partial charge in [0.1, 0.15) is 11.6 Å². The van der Waals surface area contributed by atoms with Gasteiger partial charge in [-0.1, -0.05) is 50.6 Å². The zero-order valence-corrected chi connectivity index (χ0v) is 16.4. The molecule has 0 saturated heterocycles. The number of benzene rings is 1. The Bertz CT molecular complexity index is 864. The number of fused-ring (bicyclic) bond motifs is 1. The van der Waals surface area contributed by atoms with Crippen LogP contribution in [-0.4, -0.2) is 20.6 Å². The van der Waals surface area contributed by atoms with Crippen molar-refractivity contribution in [1.29, 1.82) is 0 Å². The highest BCUT2D eigenvalue weighted by molar-refractivity contribution is 5.61. The predicted octanol–water partition coefficient (Wildman–Crippen LogP) is 4.98. The lowest BCUT2D eigenvalue weighted by molar-refractivity contribution is 0.758. The lowest BCUT2D eigenvalue weighted by Crippen LogP contribution is -2.16. The molecule has 2 N–H and O–H groups in total. The zero-order valence-electron chi connectivity index (χ0n) is 16.4. The van der Waals surface area contributed by atoms with Gasteiger partial charge in [0, 0.05) is 24.2 Å². The molecular formula is C21H29N5. The van der Waals surface area contributed by atoms with Gasteiger partial charge in [0.15, 0.2) is 5.65 Å².